The molecule has 4 rings (SSSR count). The Labute approximate surface area is 157 Å². The van der Waals surface area contributed by atoms with Crippen molar-refractivity contribution in [2.45, 2.75) is 31.7 Å². The summed E-state index contributed by atoms with van der Waals surface area (Å²) in [6, 6.07) is 8.18. The summed E-state index contributed by atoms with van der Waals surface area (Å²) in [5, 5.41) is 5.38. The quantitative estimate of drug-likeness (QED) is 0.530. The highest BCUT2D eigenvalue weighted by Gasteiger charge is 2.22. The highest BCUT2D eigenvalue weighted by Crippen LogP contribution is 2.42. The normalized spacial score (nSPS) is 15.0. The molecule has 1 N–H and O–H groups in total. The smallest absolute Gasteiger partial charge is 0.158 e. The first-order valence-electron chi connectivity index (χ1n) is 8.83. The predicted octanol–water partition coefficient (Wildman–Crippen LogP) is 3.86. The molecule has 0 radical (unpaired) electrons. The maximum Gasteiger partial charge on any atom is 0.158 e. The zero-order valence-electron chi connectivity index (χ0n) is 15.0. The number of fused-ring (bicyclic) bond motifs is 1. The van der Waals surface area contributed by atoms with Crippen molar-refractivity contribution in [1.82, 2.24) is 19.9 Å². The number of anilines is 1. The van der Waals surface area contributed by atoms with E-state index < -0.39 is 0 Å². The minimum absolute atomic E-state index is 0.703. The van der Waals surface area contributed by atoms with Gasteiger partial charge in [-0.1, -0.05) is 12.5 Å². The van der Waals surface area contributed by atoms with Crippen LogP contribution in [0.3, 0.4) is 0 Å². The molecule has 1 aliphatic carbocycles. The summed E-state index contributed by atoms with van der Waals surface area (Å²) < 4.78 is 0. The number of pyridine rings is 1. The van der Waals surface area contributed by atoms with E-state index in [1.807, 2.05) is 32.3 Å². The lowest BCUT2D eigenvalue weighted by Gasteiger charge is -2.23. The third kappa shape index (κ3) is 3.73. The van der Waals surface area contributed by atoms with Gasteiger partial charge in [-0.15, -0.1) is 11.3 Å². The van der Waals surface area contributed by atoms with E-state index in [9.17, 15) is 0 Å². The molecule has 0 aliphatic heterocycles. The number of rotatable bonds is 6. The van der Waals surface area contributed by atoms with Crippen molar-refractivity contribution in [3.8, 4) is 0 Å². The molecule has 0 aromatic carbocycles. The first-order valence-corrected chi connectivity index (χ1v) is 9.65. The van der Waals surface area contributed by atoms with E-state index in [2.05, 4.69) is 36.4 Å². The van der Waals surface area contributed by atoms with Gasteiger partial charge < -0.3 is 4.90 Å². The van der Waals surface area contributed by atoms with Crippen LogP contribution < -0.4 is 5.43 Å². The topological polar surface area (TPSA) is 66.3 Å². The molecule has 3 heterocycles. The Morgan fingerprint density at radius 3 is 2.96 bits per heavy atom. The summed E-state index contributed by atoms with van der Waals surface area (Å²) in [5.41, 5.74) is 4.90. The highest BCUT2D eigenvalue weighted by molar-refractivity contribution is 7.18. The van der Waals surface area contributed by atoms with Crippen LogP contribution in [0, 0.1) is 0 Å². The fourth-order valence-electron chi connectivity index (χ4n) is 3.00. The first-order chi connectivity index (χ1) is 12.7. The molecule has 1 aliphatic rings. The van der Waals surface area contributed by atoms with Gasteiger partial charge in [-0.25, -0.2) is 9.97 Å². The molecule has 0 unspecified atom stereocenters. The Balaban J connectivity index is 1.50. The van der Waals surface area contributed by atoms with E-state index in [1.54, 1.807) is 23.9 Å². The van der Waals surface area contributed by atoms with Crippen LogP contribution in [-0.4, -0.2) is 40.2 Å². The molecule has 0 spiro atoms. The molecule has 1 saturated carbocycles. The molecule has 1 fully saturated rings. The molecular weight excluding hydrogens is 344 g/mol. The maximum absolute atomic E-state index is 4.59. The fraction of sp³-hybridized carbons (Fsp3) is 0.368. The van der Waals surface area contributed by atoms with Crippen LogP contribution in [0.25, 0.3) is 10.2 Å². The number of hydrogen-bond donors (Lipinski definition) is 1. The zero-order chi connectivity index (χ0) is 17.9. The molecule has 26 heavy (non-hydrogen) atoms. The zero-order valence-corrected chi connectivity index (χ0v) is 15.8. The summed E-state index contributed by atoms with van der Waals surface area (Å²) in [7, 11) is 4.06. The summed E-state index contributed by atoms with van der Waals surface area (Å²) >= 11 is 1.77. The molecule has 6 nitrogen and oxygen atoms in total. The minimum atomic E-state index is 0.703. The number of hydrogen-bond acceptors (Lipinski definition) is 7. The molecule has 0 atom stereocenters. The van der Waals surface area contributed by atoms with Gasteiger partial charge in [0.2, 0.25) is 0 Å². The van der Waals surface area contributed by atoms with Crippen molar-refractivity contribution in [1.29, 1.82) is 0 Å². The van der Waals surface area contributed by atoms with E-state index >= 15 is 0 Å². The van der Waals surface area contributed by atoms with Crippen LogP contribution in [0.2, 0.25) is 0 Å². The van der Waals surface area contributed by atoms with E-state index in [4.69, 9.17) is 0 Å². The average Bonchev–Trinajstić information content (AvgIpc) is 2.97. The maximum atomic E-state index is 4.59. The van der Waals surface area contributed by atoms with E-state index in [-0.39, 0.29) is 0 Å². The third-order valence-corrected chi connectivity index (χ3v) is 5.74. The number of nitrogens with zero attached hydrogens (tertiary/aromatic N) is 5. The molecule has 134 valence electrons. The van der Waals surface area contributed by atoms with Gasteiger partial charge >= 0.3 is 0 Å². The number of hydrazone groups is 1. The predicted molar refractivity (Wildman–Crippen MR) is 107 cm³/mol. The van der Waals surface area contributed by atoms with Crippen molar-refractivity contribution < 1.29 is 0 Å². The number of nitrogens with one attached hydrogen (secondary N) is 1. The van der Waals surface area contributed by atoms with Crippen LogP contribution in [0.1, 0.15) is 41.4 Å². The summed E-state index contributed by atoms with van der Waals surface area (Å²) in [4.78, 5) is 17.9. The van der Waals surface area contributed by atoms with E-state index in [0.717, 1.165) is 34.0 Å². The fourth-order valence-corrected chi connectivity index (χ4v) is 4.17. The molecule has 0 amide bonds. The molecule has 0 saturated heterocycles. The van der Waals surface area contributed by atoms with Gasteiger partial charge in [-0.2, -0.15) is 5.10 Å². The van der Waals surface area contributed by atoms with Crippen molar-refractivity contribution >= 4 is 33.6 Å². The van der Waals surface area contributed by atoms with Crippen molar-refractivity contribution in [3.05, 3.63) is 46.9 Å². The second-order valence-corrected chi connectivity index (χ2v) is 7.94. The first kappa shape index (κ1) is 17.1. The van der Waals surface area contributed by atoms with Gasteiger partial charge in [0.05, 0.1) is 23.0 Å². The Kier molecular flexibility index (Phi) is 4.90. The van der Waals surface area contributed by atoms with Crippen molar-refractivity contribution in [3.63, 3.8) is 0 Å². The lowest BCUT2D eigenvalue weighted by Crippen LogP contribution is -2.12. The van der Waals surface area contributed by atoms with E-state index in [1.165, 1.54) is 24.1 Å². The van der Waals surface area contributed by atoms with Crippen LogP contribution in [0.5, 0.6) is 0 Å². The van der Waals surface area contributed by atoms with Gasteiger partial charge in [-0.05, 0) is 51.1 Å². The van der Waals surface area contributed by atoms with Gasteiger partial charge in [0.1, 0.15) is 11.2 Å². The van der Waals surface area contributed by atoms with Gasteiger partial charge in [-0.3, -0.25) is 10.4 Å². The molecule has 7 heteroatoms. The summed E-state index contributed by atoms with van der Waals surface area (Å²) in [5.74, 6) is 1.45. The largest absolute Gasteiger partial charge is 0.304 e. The van der Waals surface area contributed by atoms with Gasteiger partial charge in [0.25, 0.3) is 0 Å². The number of thiophene rings is 1. The van der Waals surface area contributed by atoms with Gasteiger partial charge in [0.15, 0.2) is 5.82 Å². The molecule has 3 aromatic heterocycles. The lowest BCUT2D eigenvalue weighted by molar-refractivity contribution is 0.397. The van der Waals surface area contributed by atoms with Crippen LogP contribution in [-0.2, 0) is 6.54 Å². The highest BCUT2D eigenvalue weighted by atomic mass is 32.1. The van der Waals surface area contributed by atoms with Crippen LogP contribution in [0.4, 0.5) is 5.82 Å². The Morgan fingerprint density at radius 1 is 1.31 bits per heavy atom. The van der Waals surface area contributed by atoms with Crippen molar-refractivity contribution in [2.75, 3.05) is 19.5 Å². The third-order valence-electron chi connectivity index (χ3n) is 4.53. The molecular formula is C19H22N6S. The standard InChI is InChI=1S/C19H22N6S/c1-25(2)11-15-8-4-7-14(23-15)10-22-24-18-16-9-17(13-5-3-6-13)26-19(16)21-12-20-18/h4,7-10,12-13H,3,5-6,11H2,1-2H3,(H,20,21,24)/b22-10+. The van der Waals surface area contributed by atoms with Crippen LogP contribution in [0.15, 0.2) is 35.7 Å². The van der Waals surface area contributed by atoms with Gasteiger partial charge in [0, 0.05) is 11.4 Å². The summed E-state index contributed by atoms with van der Waals surface area (Å²) in [6.07, 6.45) is 7.23. The molecule has 0 bridgehead atoms. The lowest BCUT2D eigenvalue weighted by atomic mass is 9.84. The average molecular weight is 366 g/mol. The van der Waals surface area contributed by atoms with Crippen molar-refractivity contribution in [2.24, 2.45) is 5.10 Å². The Bertz CT molecular complexity index is 929. The monoisotopic (exact) mass is 366 g/mol. The Morgan fingerprint density at radius 2 is 2.19 bits per heavy atom. The SMILES string of the molecule is CN(C)Cc1cccc(/C=N/Nc2ncnc3sc(C4CCC4)cc23)n1. The molecule has 3 aromatic rings. The Hall–Kier alpha value is -2.38. The van der Waals surface area contributed by atoms with Crippen LogP contribution >= 0.6 is 11.3 Å². The minimum Gasteiger partial charge on any atom is -0.304 e. The number of aromatic nitrogens is 3. The summed E-state index contributed by atoms with van der Waals surface area (Å²) in [6.45, 7) is 0.806. The second kappa shape index (κ2) is 7.47. The van der Waals surface area contributed by atoms with E-state index in [0.29, 0.717) is 5.92 Å². The second-order valence-electron chi connectivity index (χ2n) is 6.88.